The van der Waals surface area contributed by atoms with Crippen LogP contribution in [0.25, 0.3) is 0 Å². The van der Waals surface area contributed by atoms with Crippen molar-refractivity contribution in [2.75, 3.05) is 32.7 Å². The van der Waals surface area contributed by atoms with E-state index in [0.29, 0.717) is 13.1 Å². The molecule has 2 rings (SSSR count). The van der Waals surface area contributed by atoms with Crippen molar-refractivity contribution in [3.05, 3.63) is 41.7 Å². The molecule has 21 heavy (non-hydrogen) atoms. The van der Waals surface area contributed by atoms with Gasteiger partial charge in [0, 0.05) is 0 Å². The third kappa shape index (κ3) is 4.12. The molecule has 0 aliphatic carbocycles. The molecule has 1 aromatic rings. The zero-order chi connectivity index (χ0) is 15.5. The van der Waals surface area contributed by atoms with Crippen molar-refractivity contribution in [2.45, 2.75) is 18.7 Å². The summed E-state index contributed by atoms with van der Waals surface area (Å²) in [6, 6.07) is 5.21. The molecule has 0 unspecified atom stereocenters. The molecule has 1 N–H and O–H groups in total. The van der Waals surface area contributed by atoms with Crippen LogP contribution in [0.4, 0.5) is 4.39 Å². The zero-order valence-corrected chi connectivity index (χ0v) is 13.3. The van der Waals surface area contributed by atoms with E-state index < -0.39 is 15.8 Å². The number of nitrogens with zero attached hydrogens (tertiary/aromatic N) is 1. The summed E-state index contributed by atoms with van der Waals surface area (Å²) in [5.74, 6) is -0.524. The highest BCUT2D eigenvalue weighted by atomic mass is 32.2. The van der Waals surface area contributed by atoms with E-state index in [2.05, 4.69) is 19.9 Å². The summed E-state index contributed by atoms with van der Waals surface area (Å²) in [5.41, 5.74) is 1.28. The minimum absolute atomic E-state index is 0.0373. The standard InChI is InChI=1S/C15H21FN2O2S/c1-13(2)6-7-17-8-10-18(11-9-17)21(19,20)15-5-3-4-14(16)12-15/h3-6,12H,7-11H2,1-2H3/p+1. The first kappa shape index (κ1) is 16.1. The average Bonchev–Trinajstić information content (AvgIpc) is 2.45. The van der Waals surface area contributed by atoms with E-state index in [1.165, 1.54) is 33.0 Å². The molecular formula is C15H22FN2O2S+. The second-order valence-corrected chi connectivity index (χ2v) is 7.53. The van der Waals surface area contributed by atoms with Gasteiger partial charge in [0.1, 0.15) is 5.82 Å². The first-order chi connectivity index (χ1) is 9.89. The van der Waals surface area contributed by atoms with Crippen LogP contribution in [-0.2, 0) is 10.0 Å². The summed E-state index contributed by atoms with van der Waals surface area (Å²) in [6.07, 6.45) is 2.17. The predicted octanol–water partition coefficient (Wildman–Crippen LogP) is 0.681. The van der Waals surface area contributed by atoms with Crippen molar-refractivity contribution < 1.29 is 17.7 Å². The second-order valence-electron chi connectivity index (χ2n) is 5.60. The van der Waals surface area contributed by atoms with Crippen molar-refractivity contribution in [3.63, 3.8) is 0 Å². The van der Waals surface area contributed by atoms with Crippen molar-refractivity contribution in [3.8, 4) is 0 Å². The Kier molecular flexibility index (Phi) is 5.13. The van der Waals surface area contributed by atoms with E-state index in [4.69, 9.17) is 0 Å². The summed E-state index contributed by atoms with van der Waals surface area (Å²) in [7, 11) is -3.57. The van der Waals surface area contributed by atoms with Gasteiger partial charge in [0.05, 0.1) is 37.6 Å². The number of halogens is 1. The molecule has 4 nitrogen and oxygen atoms in total. The molecule has 0 atom stereocenters. The highest BCUT2D eigenvalue weighted by molar-refractivity contribution is 7.89. The lowest BCUT2D eigenvalue weighted by atomic mass is 10.3. The van der Waals surface area contributed by atoms with Gasteiger partial charge in [-0.2, -0.15) is 4.31 Å². The molecule has 0 radical (unpaired) electrons. The van der Waals surface area contributed by atoms with Crippen LogP contribution in [0.15, 0.2) is 40.8 Å². The minimum atomic E-state index is -3.57. The van der Waals surface area contributed by atoms with Crippen LogP contribution in [0.2, 0.25) is 0 Å². The Morgan fingerprint density at radius 1 is 1.33 bits per heavy atom. The lowest BCUT2D eigenvalue weighted by Gasteiger charge is -2.31. The first-order valence-electron chi connectivity index (χ1n) is 7.12. The molecule has 116 valence electrons. The minimum Gasteiger partial charge on any atom is -0.329 e. The van der Waals surface area contributed by atoms with Crippen LogP contribution in [0.5, 0.6) is 0 Å². The maximum atomic E-state index is 13.2. The van der Waals surface area contributed by atoms with E-state index in [9.17, 15) is 12.8 Å². The van der Waals surface area contributed by atoms with E-state index in [0.717, 1.165) is 25.7 Å². The number of rotatable bonds is 4. The monoisotopic (exact) mass is 313 g/mol. The van der Waals surface area contributed by atoms with Gasteiger partial charge in [0.2, 0.25) is 10.0 Å². The molecule has 0 aromatic heterocycles. The van der Waals surface area contributed by atoms with Crippen LogP contribution < -0.4 is 4.90 Å². The molecule has 1 aliphatic heterocycles. The van der Waals surface area contributed by atoms with E-state index in [1.807, 2.05) is 0 Å². The third-order valence-electron chi connectivity index (χ3n) is 3.66. The van der Waals surface area contributed by atoms with Crippen LogP contribution in [0.1, 0.15) is 13.8 Å². The van der Waals surface area contributed by atoms with Gasteiger partial charge in [-0.1, -0.05) is 11.6 Å². The Morgan fingerprint density at radius 3 is 2.57 bits per heavy atom. The molecular weight excluding hydrogens is 291 g/mol. The van der Waals surface area contributed by atoms with Crippen molar-refractivity contribution in [2.24, 2.45) is 0 Å². The van der Waals surface area contributed by atoms with E-state index in [-0.39, 0.29) is 4.90 Å². The molecule has 1 saturated heterocycles. The molecule has 6 heteroatoms. The van der Waals surface area contributed by atoms with Gasteiger partial charge in [-0.3, -0.25) is 0 Å². The van der Waals surface area contributed by atoms with Gasteiger partial charge in [0.15, 0.2) is 0 Å². The lowest BCUT2D eigenvalue weighted by Crippen LogP contribution is -3.14. The summed E-state index contributed by atoms with van der Waals surface area (Å²) < 4.78 is 39.6. The summed E-state index contributed by atoms with van der Waals surface area (Å²) >= 11 is 0. The van der Waals surface area contributed by atoms with Gasteiger partial charge in [-0.15, -0.1) is 0 Å². The highest BCUT2D eigenvalue weighted by Crippen LogP contribution is 2.16. The van der Waals surface area contributed by atoms with Gasteiger partial charge in [-0.05, 0) is 38.1 Å². The van der Waals surface area contributed by atoms with Crippen LogP contribution >= 0.6 is 0 Å². The average molecular weight is 313 g/mol. The largest absolute Gasteiger partial charge is 0.329 e. The lowest BCUT2D eigenvalue weighted by molar-refractivity contribution is -0.897. The van der Waals surface area contributed by atoms with E-state index >= 15 is 0 Å². The third-order valence-corrected chi connectivity index (χ3v) is 5.56. The number of hydrogen-bond acceptors (Lipinski definition) is 2. The maximum Gasteiger partial charge on any atom is 0.243 e. The van der Waals surface area contributed by atoms with Gasteiger partial charge < -0.3 is 4.90 Å². The van der Waals surface area contributed by atoms with Gasteiger partial charge in [0.25, 0.3) is 0 Å². The molecule has 1 aliphatic rings. The SMILES string of the molecule is CC(C)=CC[NH+]1CCN(S(=O)(=O)c2cccc(F)c2)CC1. The van der Waals surface area contributed by atoms with Crippen LogP contribution in [-0.4, -0.2) is 45.4 Å². The topological polar surface area (TPSA) is 41.8 Å². The Balaban J connectivity index is 2.03. The second kappa shape index (κ2) is 6.68. The number of sulfonamides is 1. The van der Waals surface area contributed by atoms with E-state index in [1.54, 1.807) is 0 Å². The van der Waals surface area contributed by atoms with Crippen molar-refractivity contribution in [1.29, 1.82) is 0 Å². The van der Waals surface area contributed by atoms with Crippen molar-refractivity contribution >= 4 is 10.0 Å². The zero-order valence-electron chi connectivity index (χ0n) is 12.5. The van der Waals surface area contributed by atoms with Gasteiger partial charge in [-0.25, -0.2) is 12.8 Å². The summed E-state index contributed by atoms with van der Waals surface area (Å²) in [6.45, 7) is 7.55. The highest BCUT2D eigenvalue weighted by Gasteiger charge is 2.30. The molecule has 1 aromatic carbocycles. The smallest absolute Gasteiger partial charge is 0.243 e. The molecule has 0 amide bonds. The van der Waals surface area contributed by atoms with Crippen LogP contribution in [0, 0.1) is 5.82 Å². The van der Waals surface area contributed by atoms with Gasteiger partial charge >= 0.3 is 0 Å². The molecule has 0 spiro atoms. The molecule has 1 fully saturated rings. The Hall–Kier alpha value is -1.24. The number of allylic oxidation sites excluding steroid dienone is 1. The first-order valence-corrected chi connectivity index (χ1v) is 8.56. The van der Waals surface area contributed by atoms with Crippen molar-refractivity contribution in [1.82, 2.24) is 4.31 Å². The predicted molar refractivity (Wildman–Crippen MR) is 80.2 cm³/mol. The Bertz CT molecular complexity index is 616. The fraction of sp³-hybridized carbons (Fsp3) is 0.467. The maximum absolute atomic E-state index is 13.2. The molecule has 0 bridgehead atoms. The quantitative estimate of drug-likeness (QED) is 0.831. The Morgan fingerprint density at radius 2 is 2.00 bits per heavy atom. The fourth-order valence-corrected chi connectivity index (χ4v) is 3.85. The summed E-state index contributed by atoms with van der Waals surface area (Å²) in [4.78, 5) is 1.41. The molecule has 0 saturated carbocycles. The normalized spacial score (nSPS) is 17.7. The summed E-state index contributed by atoms with van der Waals surface area (Å²) in [5, 5.41) is 0. The number of piperazine rings is 1. The number of nitrogens with one attached hydrogen (secondary N) is 1. The fourth-order valence-electron chi connectivity index (χ4n) is 2.37. The number of benzene rings is 1. The van der Waals surface area contributed by atoms with Crippen LogP contribution in [0.3, 0.4) is 0 Å². The number of hydrogen-bond donors (Lipinski definition) is 1. The molecule has 1 heterocycles. The Labute approximate surface area is 125 Å². The number of quaternary nitrogens is 1.